The van der Waals surface area contributed by atoms with Gasteiger partial charge in [-0.15, -0.1) is 0 Å². The topological polar surface area (TPSA) is 12.0 Å². The Morgan fingerprint density at radius 2 is 1.82 bits per heavy atom. The second-order valence-electron chi connectivity index (χ2n) is 2.70. The molecule has 0 spiro atoms. The summed E-state index contributed by atoms with van der Waals surface area (Å²) in [6.07, 6.45) is 1.19. The van der Waals surface area contributed by atoms with Crippen molar-refractivity contribution in [2.24, 2.45) is 0 Å². The molecule has 1 aliphatic heterocycles. The molecular weight excluding hydrogens is 134 g/mol. The average Bonchev–Trinajstić information content (AvgIpc) is 2.05. The lowest BCUT2D eigenvalue weighted by molar-refractivity contribution is 0.644. The minimum absolute atomic E-state index is 0. The summed E-state index contributed by atoms with van der Waals surface area (Å²) in [5.74, 6) is 0. The predicted octanol–water partition coefficient (Wildman–Crippen LogP) is 1.97. The van der Waals surface area contributed by atoms with Gasteiger partial charge in [-0.3, -0.25) is 0 Å². The number of nitrogens with one attached hydrogen (secondary N) is 1. The second-order valence-corrected chi connectivity index (χ2v) is 2.70. The maximum atomic E-state index is 3.34. The summed E-state index contributed by atoms with van der Waals surface area (Å²) in [6.45, 7) is 2.19. The summed E-state index contributed by atoms with van der Waals surface area (Å²) in [7, 11) is 0. The van der Waals surface area contributed by atoms with Crippen molar-refractivity contribution in [1.29, 1.82) is 0 Å². The standard InChI is InChI=1S/C9H11N.CH4/c1-2-4-9-7-10-6-5-8(9)3-1;/h1-4,10H,5-7H2;1H4. The molecule has 0 unspecified atom stereocenters. The third-order valence-electron chi connectivity index (χ3n) is 2.00. The van der Waals surface area contributed by atoms with Crippen LogP contribution in [0.2, 0.25) is 0 Å². The normalized spacial score (nSPS) is 14.9. The zero-order valence-corrected chi connectivity index (χ0v) is 5.93. The van der Waals surface area contributed by atoms with Gasteiger partial charge in [0.05, 0.1) is 0 Å². The van der Waals surface area contributed by atoms with E-state index in [0.717, 1.165) is 13.1 Å². The van der Waals surface area contributed by atoms with Crippen molar-refractivity contribution >= 4 is 0 Å². The third-order valence-corrected chi connectivity index (χ3v) is 2.00. The van der Waals surface area contributed by atoms with E-state index in [-0.39, 0.29) is 7.43 Å². The van der Waals surface area contributed by atoms with Gasteiger partial charge < -0.3 is 5.32 Å². The Kier molecular flexibility index (Phi) is 2.66. The molecule has 0 saturated heterocycles. The Morgan fingerprint density at radius 3 is 2.55 bits per heavy atom. The number of rotatable bonds is 0. The molecule has 0 atom stereocenters. The first-order valence-corrected chi connectivity index (χ1v) is 3.74. The molecule has 11 heavy (non-hydrogen) atoms. The van der Waals surface area contributed by atoms with Gasteiger partial charge in [0.2, 0.25) is 0 Å². The molecule has 60 valence electrons. The molecule has 0 aromatic heterocycles. The molecule has 1 heterocycles. The highest BCUT2D eigenvalue weighted by atomic mass is 14.9. The van der Waals surface area contributed by atoms with Gasteiger partial charge in [0.15, 0.2) is 0 Å². The molecule has 1 nitrogen and oxygen atoms in total. The van der Waals surface area contributed by atoms with Crippen LogP contribution in [-0.2, 0) is 13.0 Å². The van der Waals surface area contributed by atoms with E-state index in [9.17, 15) is 0 Å². The van der Waals surface area contributed by atoms with Crippen LogP contribution in [0.4, 0.5) is 0 Å². The van der Waals surface area contributed by atoms with Crippen LogP contribution in [0.1, 0.15) is 18.6 Å². The smallest absolute Gasteiger partial charge is 0.0208 e. The van der Waals surface area contributed by atoms with Crippen LogP contribution >= 0.6 is 0 Å². The Bertz CT molecular complexity index is 205. The van der Waals surface area contributed by atoms with Gasteiger partial charge in [0, 0.05) is 6.54 Å². The molecule has 0 aliphatic carbocycles. The van der Waals surface area contributed by atoms with Crippen molar-refractivity contribution in [3.8, 4) is 0 Å². The molecule has 1 aliphatic rings. The highest BCUT2D eigenvalue weighted by Crippen LogP contribution is 2.11. The van der Waals surface area contributed by atoms with E-state index < -0.39 is 0 Å². The van der Waals surface area contributed by atoms with Gasteiger partial charge in [-0.25, -0.2) is 0 Å². The lowest BCUT2D eigenvalue weighted by atomic mass is 10.0. The van der Waals surface area contributed by atoms with Gasteiger partial charge >= 0.3 is 0 Å². The number of hydrogen-bond donors (Lipinski definition) is 1. The van der Waals surface area contributed by atoms with Crippen molar-refractivity contribution in [2.45, 2.75) is 20.4 Å². The van der Waals surface area contributed by atoms with E-state index in [1.165, 1.54) is 17.5 Å². The van der Waals surface area contributed by atoms with Crippen molar-refractivity contribution < 1.29 is 0 Å². The van der Waals surface area contributed by atoms with Crippen LogP contribution < -0.4 is 5.32 Å². The van der Waals surface area contributed by atoms with Gasteiger partial charge in [-0.1, -0.05) is 31.7 Å². The summed E-state index contributed by atoms with van der Waals surface area (Å²) < 4.78 is 0. The number of fused-ring (bicyclic) bond motifs is 1. The zero-order chi connectivity index (χ0) is 6.81. The first kappa shape index (κ1) is 8.28. The van der Waals surface area contributed by atoms with Gasteiger partial charge in [-0.2, -0.15) is 0 Å². The molecule has 2 rings (SSSR count). The molecule has 1 heteroatoms. The van der Waals surface area contributed by atoms with Crippen molar-refractivity contribution in [1.82, 2.24) is 5.32 Å². The van der Waals surface area contributed by atoms with Crippen LogP contribution in [0.15, 0.2) is 24.3 Å². The minimum Gasteiger partial charge on any atom is -0.312 e. The summed E-state index contributed by atoms with van der Waals surface area (Å²) in [4.78, 5) is 0. The van der Waals surface area contributed by atoms with Crippen LogP contribution in [0.5, 0.6) is 0 Å². The van der Waals surface area contributed by atoms with E-state index in [1.54, 1.807) is 0 Å². The maximum absolute atomic E-state index is 3.34. The van der Waals surface area contributed by atoms with Crippen molar-refractivity contribution in [3.63, 3.8) is 0 Å². The summed E-state index contributed by atoms with van der Waals surface area (Å²) in [5.41, 5.74) is 2.98. The highest BCUT2D eigenvalue weighted by molar-refractivity contribution is 5.28. The monoisotopic (exact) mass is 149 g/mol. The average molecular weight is 149 g/mol. The van der Waals surface area contributed by atoms with Crippen LogP contribution in [0, 0.1) is 0 Å². The van der Waals surface area contributed by atoms with E-state index in [2.05, 4.69) is 29.6 Å². The van der Waals surface area contributed by atoms with E-state index in [1.807, 2.05) is 0 Å². The molecule has 0 radical (unpaired) electrons. The molecule has 1 aromatic rings. The Labute approximate surface area is 68.4 Å². The number of hydrogen-bond acceptors (Lipinski definition) is 1. The zero-order valence-electron chi connectivity index (χ0n) is 5.93. The van der Waals surface area contributed by atoms with Crippen LogP contribution in [0.3, 0.4) is 0 Å². The fourth-order valence-electron chi connectivity index (χ4n) is 1.42. The lowest BCUT2D eigenvalue weighted by Gasteiger charge is -2.15. The SMILES string of the molecule is C.c1ccc2c(c1)CCNC2. The maximum Gasteiger partial charge on any atom is 0.0208 e. The summed E-state index contributed by atoms with van der Waals surface area (Å²) in [6, 6.07) is 8.63. The number of benzene rings is 1. The predicted molar refractivity (Wildman–Crippen MR) is 48.6 cm³/mol. The molecule has 1 aromatic carbocycles. The molecule has 0 bridgehead atoms. The second kappa shape index (κ2) is 3.54. The first-order chi connectivity index (χ1) is 4.97. The minimum atomic E-state index is 0. The molecule has 0 amide bonds. The Hall–Kier alpha value is -0.820. The van der Waals surface area contributed by atoms with Crippen LogP contribution in [0.25, 0.3) is 0 Å². The highest BCUT2D eigenvalue weighted by Gasteiger charge is 2.05. The van der Waals surface area contributed by atoms with E-state index in [4.69, 9.17) is 0 Å². The first-order valence-electron chi connectivity index (χ1n) is 3.74. The fraction of sp³-hybridized carbons (Fsp3) is 0.400. The van der Waals surface area contributed by atoms with Crippen molar-refractivity contribution in [3.05, 3.63) is 35.4 Å². The Balaban J connectivity index is 0.000000605. The van der Waals surface area contributed by atoms with Gasteiger partial charge in [0.1, 0.15) is 0 Å². The fourth-order valence-corrected chi connectivity index (χ4v) is 1.42. The summed E-state index contributed by atoms with van der Waals surface area (Å²) in [5, 5.41) is 3.34. The van der Waals surface area contributed by atoms with Gasteiger partial charge in [0.25, 0.3) is 0 Å². The van der Waals surface area contributed by atoms with E-state index in [0.29, 0.717) is 0 Å². The molecular formula is C10H15N. The van der Waals surface area contributed by atoms with Gasteiger partial charge in [-0.05, 0) is 24.1 Å². The van der Waals surface area contributed by atoms with Crippen molar-refractivity contribution in [2.75, 3.05) is 6.54 Å². The quantitative estimate of drug-likeness (QED) is 0.594. The Morgan fingerprint density at radius 1 is 1.09 bits per heavy atom. The largest absolute Gasteiger partial charge is 0.312 e. The lowest BCUT2D eigenvalue weighted by Crippen LogP contribution is -2.23. The molecule has 0 fully saturated rings. The molecule has 1 N–H and O–H groups in total. The van der Waals surface area contributed by atoms with Crippen LogP contribution in [-0.4, -0.2) is 6.54 Å². The third kappa shape index (κ3) is 1.60. The molecule has 0 saturated carbocycles. The summed E-state index contributed by atoms with van der Waals surface area (Å²) >= 11 is 0. The van der Waals surface area contributed by atoms with E-state index >= 15 is 0 Å².